The van der Waals surface area contributed by atoms with Crippen LogP contribution in [-0.4, -0.2) is 44.9 Å². The largest absolute Gasteiger partial charge is 0.491 e. The van der Waals surface area contributed by atoms with Gasteiger partial charge in [-0.25, -0.2) is 4.98 Å². The molecule has 130 valence electrons. The quantitative estimate of drug-likeness (QED) is 0.885. The molecule has 0 saturated carbocycles. The number of piperidine rings is 1. The molecule has 1 aliphatic heterocycles. The molecule has 1 unspecified atom stereocenters. The topological polar surface area (TPSA) is 50.5 Å². The van der Waals surface area contributed by atoms with Gasteiger partial charge in [0.1, 0.15) is 23.8 Å². The molecule has 0 amide bonds. The molecule has 1 N–H and O–H groups in total. The average molecular weight is 329 g/mol. The highest BCUT2D eigenvalue weighted by molar-refractivity contribution is 5.21. The molecule has 5 nitrogen and oxygen atoms in total. The number of aromatic nitrogens is 2. The normalized spacial score (nSPS) is 22.0. The molecule has 0 bridgehead atoms. The maximum absolute atomic E-state index is 10.9. The van der Waals surface area contributed by atoms with E-state index in [0.717, 1.165) is 37.5 Å². The molecule has 1 aliphatic rings. The number of benzene rings is 1. The Kier molecular flexibility index (Phi) is 5.21. The first kappa shape index (κ1) is 17.0. The summed E-state index contributed by atoms with van der Waals surface area (Å²) in [6.07, 6.45) is 5.62. The summed E-state index contributed by atoms with van der Waals surface area (Å²) in [6, 6.07) is 10.1. The number of hydrogen-bond acceptors (Lipinski definition) is 4. The molecular weight excluding hydrogens is 302 g/mol. The van der Waals surface area contributed by atoms with Crippen LogP contribution in [0.4, 0.5) is 0 Å². The molecule has 1 fully saturated rings. The zero-order valence-corrected chi connectivity index (χ0v) is 14.6. The highest BCUT2D eigenvalue weighted by atomic mass is 16.5. The first-order valence-corrected chi connectivity index (χ1v) is 8.70. The Morgan fingerprint density at radius 2 is 2.08 bits per heavy atom. The van der Waals surface area contributed by atoms with Gasteiger partial charge in [-0.2, -0.15) is 0 Å². The highest BCUT2D eigenvalue weighted by Crippen LogP contribution is 2.24. The van der Waals surface area contributed by atoms with Gasteiger partial charge in [0.05, 0.1) is 6.54 Å². The van der Waals surface area contributed by atoms with E-state index in [2.05, 4.69) is 28.3 Å². The minimum atomic E-state index is -0.802. The standard InChI is InChI=1S/C19H27N3O2/c1-16(2)22-12-10-20-18(22)13-21-11-6-9-19(23,14-21)15-24-17-7-4-3-5-8-17/h3-5,7-8,10,12,16,23H,6,9,11,13-15H2,1-2H3. The number of aliphatic hydroxyl groups is 1. The fourth-order valence-corrected chi connectivity index (χ4v) is 3.33. The summed E-state index contributed by atoms with van der Waals surface area (Å²) >= 11 is 0. The van der Waals surface area contributed by atoms with Crippen LogP contribution >= 0.6 is 0 Å². The monoisotopic (exact) mass is 329 g/mol. The van der Waals surface area contributed by atoms with Gasteiger partial charge in [-0.3, -0.25) is 4.90 Å². The molecule has 2 aromatic rings. The molecule has 0 spiro atoms. The highest BCUT2D eigenvalue weighted by Gasteiger charge is 2.34. The van der Waals surface area contributed by atoms with Gasteiger partial charge in [0.2, 0.25) is 0 Å². The van der Waals surface area contributed by atoms with Crippen molar-refractivity contribution in [2.45, 2.75) is 44.9 Å². The number of hydrogen-bond donors (Lipinski definition) is 1. The van der Waals surface area contributed by atoms with Gasteiger partial charge < -0.3 is 14.4 Å². The summed E-state index contributed by atoms with van der Waals surface area (Å²) < 4.78 is 7.99. The molecule has 1 aromatic carbocycles. The van der Waals surface area contributed by atoms with Crippen molar-refractivity contribution in [1.29, 1.82) is 0 Å². The Bertz CT molecular complexity index is 641. The van der Waals surface area contributed by atoms with Crippen LogP contribution in [0.5, 0.6) is 5.75 Å². The Balaban J connectivity index is 1.60. The fourth-order valence-electron chi connectivity index (χ4n) is 3.33. The average Bonchev–Trinajstić information content (AvgIpc) is 3.03. The SMILES string of the molecule is CC(C)n1ccnc1CN1CCCC(O)(COc2ccccc2)C1. The maximum Gasteiger partial charge on any atom is 0.123 e. The summed E-state index contributed by atoms with van der Waals surface area (Å²) in [5, 5.41) is 10.9. The van der Waals surface area contributed by atoms with Crippen molar-refractivity contribution in [3.8, 4) is 5.75 Å². The summed E-state index contributed by atoms with van der Waals surface area (Å²) in [7, 11) is 0. The lowest BCUT2D eigenvalue weighted by Crippen LogP contribution is -2.51. The Labute approximate surface area is 143 Å². The summed E-state index contributed by atoms with van der Waals surface area (Å²) in [4.78, 5) is 6.76. The van der Waals surface area contributed by atoms with E-state index in [1.165, 1.54) is 0 Å². The van der Waals surface area contributed by atoms with Crippen molar-refractivity contribution in [1.82, 2.24) is 14.5 Å². The zero-order valence-electron chi connectivity index (χ0n) is 14.6. The van der Waals surface area contributed by atoms with Crippen LogP contribution in [0.25, 0.3) is 0 Å². The Hall–Kier alpha value is -1.85. The van der Waals surface area contributed by atoms with Crippen LogP contribution in [0.2, 0.25) is 0 Å². The van der Waals surface area contributed by atoms with E-state index in [1.54, 1.807) is 0 Å². The number of rotatable bonds is 6. The number of imidazole rings is 1. The zero-order chi connectivity index (χ0) is 17.0. The number of β-amino-alcohol motifs (C(OH)–C–C–N with tert-alkyl or cyclic N) is 1. The second-order valence-electron chi connectivity index (χ2n) is 6.98. The molecule has 1 atom stereocenters. The van der Waals surface area contributed by atoms with Crippen LogP contribution < -0.4 is 4.74 Å². The van der Waals surface area contributed by atoms with Crippen molar-refractivity contribution in [2.24, 2.45) is 0 Å². The number of ether oxygens (including phenoxy) is 1. The van der Waals surface area contributed by atoms with Crippen molar-refractivity contribution < 1.29 is 9.84 Å². The predicted molar refractivity (Wildman–Crippen MR) is 94.0 cm³/mol. The molecule has 0 aliphatic carbocycles. The lowest BCUT2D eigenvalue weighted by molar-refractivity contribution is -0.0627. The van der Waals surface area contributed by atoms with Crippen molar-refractivity contribution in [3.63, 3.8) is 0 Å². The summed E-state index contributed by atoms with van der Waals surface area (Å²) in [5.74, 6) is 1.86. The van der Waals surface area contributed by atoms with E-state index < -0.39 is 5.60 Å². The van der Waals surface area contributed by atoms with Crippen LogP contribution in [0.3, 0.4) is 0 Å². The predicted octanol–water partition coefficient (Wildman–Crippen LogP) is 2.87. The van der Waals surface area contributed by atoms with Gasteiger partial charge in [0.15, 0.2) is 0 Å². The third-order valence-electron chi connectivity index (χ3n) is 4.56. The number of likely N-dealkylation sites (tertiary alicyclic amines) is 1. The third kappa shape index (κ3) is 4.16. The minimum absolute atomic E-state index is 0.326. The van der Waals surface area contributed by atoms with E-state index in [1.807, 2.05) is 42.7 Å². The molecule has 1 aromatic heterocycles. The molecule has 3 rings (SSSR count). The second-order valence-corrected chi connectivity index (χ2v) is 6.98. The van der Waals surface area contributed by atoms with Crippen molar-refractivity contribution in [2.75, 3.05) is 19.7 Å². The van der Waals surface area contributed by atoms with Gasteiger partial charge in [0, 0.05) is 25.0 Å². The van der Waals surface area contributed by atoms with Gasteiger partial charge in [0.25, 0.3) is 0 Å². The van der Waals surface area contributed by atoms with E-state index in [4.69, 9.17) is 4.74 Å². The van der Waals surface area contributed by atoms with Gasteiger partial charge in [-0.15, -0.1) is 0 Å². The molecule has 2 heterocycles. The van der Waals surface area contributed by atoms with Crippen LogP contribution in [-0.2, 0) is 6.54 Å². The molecule has 5 heteroatoms. The molecular formula is C19H27N3O2. The van der Waals surface area contributed by atoms with Gasteiger partial charge in [-0.1, -0.05) is 18.2 Å². The van der Waals surface area contributed by atoms with E-state index in [-0.39, 0.29) is 0 Å². The molecule has 1 saturated heterocycles. The fraction of sp³-hybridized carbons (Fsp3) is 0.526. The smallest absolute Gasteiger partial charge is 0.123 e. The summed E-state index contributed by atoms with van der Waals surface area (Å²) in [5.41, 5.74) is -0.802. The number of nitrogens with zero attached hydrogens (tertiary/aromatic N) is 3. The first-order chi connectivity index (χ1) is 11.6. The van der Waals surface area contributed by atoms with Gasteiger partial charge in [-0.05, 0) is 45.4 Å². The molecule has 24 heavy (non-hydrogen) atoms. The van der Waals surface area contributed by atoms with E-state index in [0.29, 0.717) is 19.2 Å². The minimum Gasteiger partial charge on any atom is -0.491 e. The van der Waals surface area contributed by atoms with Crippen LogP contribution in [0, 0.1) is 0 Å². The lowest BCUT2D eigenvalue weighted by atomic mass is 9.93. The van der Waals surface area contributed by atoms with Crippen LogP contribution in [0.1, 0.15) is 38.6 Å². The van der Waals surface area contributed by atoms with Crippen LogP contribution in [0.15, 0.2) is 42.7 Å². The van der Waals surface area contributed by atoms with Gasteiger partial charge >= 0.3 is 0 Å². The first-order valence-electron chi connectivity index (χ1n) is 8.70. The van der Waals surface area contributed by atoms with Crippen molar-refractivity contribution >= 4 is 0 Å². The van der Waals surface area contributed by atoms with E-state index >= 15 is 0 Å². The second kappa shape index (κ2) is 7.36. The maximum atomic E-state index is 10.9. The summed E-state index contributed by atoms with van der Waals surface area (Å²) in [6.45, 7) is 7.01. The Morgan fingerprint density at radius 1 is 1.29 bits per heavy atom. The van der Waals surface area contributed by atoms with E-state index in [9.17, 15) is 5.11 Å². The van der Waals surface area contributed by atoms with Crippen molar-refractivity contribution in [3.05, 3.63) is 48.5 Å². The lowest BCUT2D eigenvalue weighted by Gasteiger charge is -2.38. The third-order valence-corrected chi connectivity index (χ3v) is 4.56. The molecule has 0 radical (unpaired) electrons. The Morgan fingerprint density at radius 3 is 2.83 bits per heavy atom. The number of para-hydroxylation sites is 1.